The molecule has 0 radical (unpaired) electrons. The van der Waals surface area contributed by atoms with Crippen LogP contribution < -0.4 is 10.0 Å². The zero-order chi connectivity index (χ0) is 13.9. The Morgan fingerprint density at radius 3 is 2.95 bits per heavy atom. The summed E-state index contributed by atoms with van der Waals surface area (Å²) < 4.78 is 27.3. The van der Waals surface area contributed by atoms with Gasteiger partial charge in [-0.2, -0.15) is 0 Å². The highest BCUT2D eigenvalue weighted by Gasteiger charge is 2.21. The van der Waals surface area contributed by atoms with Gasteiger partial charge in [-0.15, -0.1) is 11.3 Å². The number of imidazole rings is 1. The summed E-state index contributed by atoms with van der Waals surface area (Å²) >= 11 is 1.21. The SMILES string of the molecule is CNCc1csc(S(=O)(=O)NC(C)c2ncc[nH]2)c1. The normalized spacial score (nSPS) is 13.6. The van der Waals surface area contributed by atoms with Gasteiger partial charge in [0.2, 0.25) is 0 Å². The first-order valence-corrected chi connectivity index (χ1v) is 8.13. The summed E-state index contributed by atoms with van der Waals surface area (Å²) in [5.41, 5.74) is 0.957. The van der Waals surface area contributed by atoms with Gasteiger partial charge >= 0.3 is 0 Å². The Morgan fingerprint density at radius 1 is 1.53 bits per heavy atom. The number of rotatable bonds is 6. The molecule has 0 aliphatic carbocycles. The van der Waals surface area contributed by atoms with Crippen LogP contribution in [-0.2, 0) is 16.6 Å². The van der Waals surface area contributed by atoms with Crippen molar-refractivity contribution in [2.75, 3.05) is 7.05 Å². The molecular weight excluding hydrogens is 284 g/mol. The number of aromatic nitrogens is 2. The zero-order valence-corrected chi connectivity index (χ0v) is 12.3. The van der Waals surface area contributed by atoms with Crippen molar-refractivity contribution in [3.8, 4) is 0 Å². The van der Waals surface area contributed by atoms with Crippen LogP contribution in [0.1, 0.15) is 24.4 Å². The van der Waals surface area contributed by atoms with Crippen molar-refractivity contribution >= 4 is 21.4 Å². The summed E-state index contributed by atoms with van der Waals surface area (Å²) in [5.74, 6) is 0.593. The molecule has 0 aliphatic heterocycles. The van der Waals surface area contributed by atoms with Gasteiger partial charge in [0.05, 0.1) is 6.04 Å². The molecule has 0 spiro atoms. The maximum Gasteiger partial charge on any atom is 0.250 e. The Balaban J connectivity index is 2.13. The molecule has 2 aromatic heterocycles. The van der Waals surface area contributed by atoms with Crippen LogP contribution in [0, 0.1) is 0 Å². The van der Waals surface area contributed by atoms with Crippen molar-refractivity contribution in [3.05, 3.63) is 35.2 Å². The monoisotopic (exact) mass is 300 g/mol. The predicted molar refractivity (Wildman–Crippen MR) is 74.4 cm³/mol. The number of H-pyrrole nitrogens is 1. The second-order valence-electron chi connectivity index (χ2n) is 4.12. The molecule has 8 heteroatoms. The lowest BCUT2D eigenvalue weighted by atomic mass is 10.3. The average Bonchev–Trinajstić information content (AvgIpc) is 2.99. The molecule has 1 unspecified atom stereocenters. The van der Waals surface area contributed by atoms with Gasteiger partial charge in [-0.1, -0.05) is 0 Å². The van der Waals surface area contributed by atoms with Crippen molar-refractivity contribution in [3.63, 3.8) is 0 Å². The van der Waals surface area contributed by atoms with E-state index < -0.39 is 16.1 Å². The molecule has 0 fully saturated rings. The van der Waals surface area contributed by atoms with Crippen LogP contribution in [0.15, 0.2) is 28.0 Å². The van der Waals surface area contributed by atoms with Gasteiger partial charge in [-0.25, -0.2) is 18.1 Å². The number of aromatic amines is 1. The summed E-state index contributed by atoms with van der Waals surface area (Å²) in [4.78, 5) is 6.93. The second kappa shape index (κ2) is 5.83. The van der Waals surface area contributed by atoms with Crippen molar-refractivity contribution in [2.24, 2.45) is 0 Å². The molecule has 0 aromatic carbocycles. The van der Waals surface area contributed by atoms with E-state index in [-0.39, 0.29) is 0 Å². The maximum absolute atomic E-state index is 12.2. The van der Waals surface area contributed by atoms with Crippen LogP contribution in [0.2, 0.25) is 0 Å². The minimum absolute atomic E-state index is 0.316. The Bertz CT molecular complexity index is 619. The lowest BCUT2D eigenvalue weighted by Gasteiger charge is -2.10. The summed E-state index contributed by atoms with van der Waals surface area (Å²) in [7, 11) is -1.68. The van der Waals surface area contributed by atoms with Gasteiger partial charge in [0, 0.05) is 18.9 Å². The van der Waals surface area contributed by atoms with Gasteiger partial charge < -0.3 is 10.3 Å². The first-order chi connectivity index (χ1) is 9.03. The minimum Gasteiger partial charge on any atom is -0.347 e. The van der Waals surface area contributed by atoms with Gasteiger partial charge in [-0.05, 0) is 31.0 Å². The smallest absolute Gasteiger partial charge is 0.250 e. The van der Waals surface area contributed by atoms with Gasteiger partial charge in [0.25, 0.3) is 10.0 Å². The molecule has 3 N–H and O–H groups in total. The summed E-state index contributed by atoms with van der Waals surface area (Å²) in [5, 5.41) is 4.82. The number of sulfonamides is 1. The van der Waals surface area contributed by atoms with Crippen molar-refractivity contribution in [1.29, 1.82) is 0 Å². The number of thiophene rings is 1. The molecule has 2 aromatic rings. The van der Waals surface area contributed by atoms with E-state index >= 15 is 0 Å². The molecule has 1 atom stereocenters. The summed E-state index contributed by atoms with van der Waals surface area (Å²) in [6.07, 6.45) is 3.26. The predicted octanol–water partition coefficient (Wildman–Crippen LogP) is 1.23. The first kappa shape index (κ1) is 14.2. The van der Waals surface area contributed by atoms with E-state index in [1.165, 1.54) is 11.3 Å². The molecule has 0 amide bonds. The van der Waals surface area contributed by atoms with Gasteiger partial charge in [-0.3, -0.25) is 0 Å². The Labute approximate surface area is 116 Å². The van der Waals surface area contributed by atoms with Crippen LogP contribution in [-0.4, -0.2) is 25.4 Å². The van der Waals surface area contributed by atoms with E-state index in [0.717, 1.165) is 5.56 Å². The fraction of sp³-hybridized carbons (Fsp3) is 0.364. The first-order valence-electron chi connectivity index (χ1n) is 5.76. The topological polar surface area (TPSA) is 86.9 Å². The highest BCUT2D eigenvalue weighted by Crippen LogP contribution is 2.22. The molecule has 6 nitrogen and oxygen atoms in total. The number of nitrogens with one attached hydrogen (secondary N) is 3. The Kier molecular flexibility index (Phi) is 4.35. The van der Waals surface area contributed by atoms with Gasteiger partial charge in [0.1, 0.15) is 10.0 Å². The largest absolute Gasteiger partial charge is 0.347 e. The molecule has 0 saturated heterocycles. The van der Waals surface area contributed by atoms with Crippen molar-refractivity contribution in [1.82, 2.24) is 20.0 Å². The number of hydrogen-bond donors (Lipinski definition) is 3. The van der Waals surface area contributed by atoms with Crippen LogP contribution >= 0.6 is 11.3 Å². The molecule has 0 aliphatic rings. The van der Waals surface area contributed by atoms with Crippen LogP contribution in [0.3, 0.4) is 0 Å². The lowest BCUT2D eigenvalue weighted by molar-refractivity contribution is 0.563. The summed E-state index contributed by atoms with van der Waals surface area (Å²) in [6, 6.07) is 1.29. The van der Waals surface area contributed by atoms with Crippen LogP contribution in [0.4, 0.5) is 0 Å². The van der Waals surface area contributed by atoms with Crippen LogP contribution in [0.25, 0.3) is 0 Å². The number of nitrogens with zero attached hydrogens (tertiary/aromatic N) is 1. The molecule has 0 bridgehead atoms. The molecule has 2 rings (SSSR count). The van der Waals surface area contributed by atoms with Gasteiger partial charge in [0.15, 0.2) is 0 Å². The quantitative estimate of drug-likeness (QED) is 0.749. The van der Waals surface area contributed by atoms with Crippen LogP contribution in [0.5, 0.6) is 0 Å². The highest BCUT2D eigenvalue weighted by atomic mass is 32.2. The Morgan fingerprint density at radius 2 is 2.32 bits per heavy atom. The standard InChI is InChI=1S/C11H16N4O2S2/c1-8(11-13-3-4-14-11)15-19(16,17)10-5-9(6-12-2)7-18-10/h3-5,7-8,12,15H,6H2,1-2H3,(H,13,14). The molecular formula is C11H16N4O2S2. The van der Waals surface area contributed by atoms with E-state index in [1.807, 2.05) is 12.4 Å². The Hall–Kier alpha value is -1.22. The molecule has 0 saturated carbocycles. The second-order valence-corrected chi connectivity index (χ2v) is 6.97. The molecule has 2 heterocycles. The van der Waals surface area contributed by atoms with E-state index in [0.29, 0.717) is 16.6 Å². The highest BCUT2D eigenvalue weighted by molar-refractivity contribution is 7.91. The average molecular weight is 300 g/mol. The minimum atomic E-state index is -3.50. The summed E-state index contributed by atoms with van der Waals surface area (Å²) in [6.45, 7) is 2.40. The molecule has 19 heavy (non-hydrogen) atoms. The fourth-order valence-electron chi connectivity index (χ4n) is 1.65. The molecule has 104 valence electrons. The lowest BCUT2D eigenvalue weighted by Crippen LogP contribution is -2.27. The van der Waals surface area contributed by atoms with E-state index in [1.54, 1.807) is 25.4 Å². The van der Waals surface area contributed by atoms with E-state index in [4.69, 9.17) is 0 Å². The zero-order valence-electron chi connectivity index (χ0n) is 10.7. The van der Waals surface area contributed by atoms with Crippen molar-refractivity contribution < 1.29 is 8.42 Å². The van der Waals surface area contributed by atoms with E-state index in [9.17, 15) is 8.42 Å². The van der Waals surface area contributed by atoms with Crippen molar-refractivity contribution in [2.45, 2.75) is 23.7 Å². The third kappa shape index (κ3) is 3.41. The third-order valence-corrected chi connectivity index (χ3v) is 5.57. The maximum atomic E-state index is 12.2. The van der Waals surface area contributed by atoms with E-state index in [2.05, 4.69) is 20.0 Å². The fourth-order valence-corrected chi connectivity index (χ4v) is 4.09. The third-order valence-electron chi connectivity index (χ3n) is 2.54. The number of hydrogen-bond acceptors (Lipinski definition) is 5.